The Balaban J connectivity index is 0.000000185. The Morgan fingerprint density at radius 3 is 1.98 bits per heavy atom. The Morgan fingerprint density at radius 2 is 1.39 bits per heavy atom. The van der Waals surface area contributed by atoms with Crippen LogP contribution in [0.4, 0.5) is 11.4 Å². The van der Waals surface area contributed by atoms with Gasteiger partial charge in [-0.25, -0.2) is 9.97 Å². The molecule has 0 aliphatic rings. The van der Waals surface area contributed by atoms with Gasteiger partial charge in [-0.2, -0.15) is 5.10 Å². The van der Waals surface area contributed by atoms with Crippen molar-refractivity contribution in [2.45, 2.75) is 7.43 Å². The number of carbonyl (C=O) groups is 1. The predicted octanol–water partition coefficient (Wildman–Crippen LogP) is 6.37. The highest BCUT2D eigenvalue weighted by Gasteiger charge is 2.12. The lowest BCUT2D eigenvalue weighted by atomic mass is 10.2. The van der Waals surface area contributed by atoms with Gasteiger partial charge in [0.15, 0.2) is 17.8 Å². The largest absolute Gasteiger partial charge is 0.437 e. The molecule has 0 saturated carbocycles. The van der Waals surface area contributed by atoms with Crippen LogP contribution in [0.3, 0.4) is 0 Å². The number of aromatic nitrogens is 5. The highest BCUT2D eigenvalue weighted by atomic mass is 16.6. The normalized spacial score (nSPS) is 10.2. The number of benzene rings is 2. The van der Waals surface area contributed by atoms with Crippen LogP contribution < -0.4 is 9.47 Å². The molecule has 0 aliphatic heterocycles. The summed E-state index contributed by atoms with van der Waals surface area (Å²) in [5, 5.41) is 29.4. The molecule has 0 amide bonds. The third kappa shape index (κ3) is 6.12. The molecule has 6 aromatic rings. The molecule has 0 unspecified atom stereocenters. The number of carbonyl (C=O) groups excluding carboxylic acids is 1. The fourth-order valence-electron chi connectivity index (χ4n) is 3.65. The van der Waals surface area contributed by atoms with Crippen molar-refractivity contribution < 1.29 is 24.1 Å². The first kappa shape index (κ1) is 27.8. The lowest BCUT2D eigenvalue weighted by molar-refractivity contribution is -0.385. The highest BCUT2D eigenvalue weighted by Crippen LogP contribution is 2.30. The molecule has 0 aliphatic carbocycles. The zero-order chi connectivity index (χ0) is 28.1. The van der Waals surface area contributed by atoms with Crippen LogP contribution in [0, 0.1) is 20.2 Å². The highest BCUT2D eigenvalue weighted by molar-refractivity contribution is 5.97. The molecule has 41 heavy (non-hydrogen) atoms. The maximum absolute atomic E-state index is 10.9. The van der Waals surface area contributed by atoms with Gasteiger partial charge in [0.05, 0.1) is 15.4 Å². The maximum atomic E-state index is 10.9. The molecule has 14 nitrogen and oxygen atoms in total. The third-order valence-electron chi connectivity index (χ3n) is 5.54. The van der Waals surface area contributed by atoms with Crippen LogP contribution in [-0.2, 0) is 0 Å². The van der Waals surface area contributed by atoms with Crippen molar-refractivity contribution in [1.29, 1.82) is 0 Å². The van der Waals surface area contributed by atoms with Crippen LogP contribution >= 0.6 is 0 Å². The lowest BCUT2D eigenvalue weighted by Gasteiger charge is -2.05. The number of nitrogens with one attached hydrogen (secondary N) is 2. The van der Waals surface area contributed by atoms with Gasteiger partial charge < -0.3 is 14.5 Å². The first-order valence-corrected chi connectivity index (χ1v) is 11.5. The standard InChI is InChI=1S/C13H8N4O4.C13H9N3O3.CH4/c18-7-10-9-2-1-3-11(13(9)16-15-10)21-12-5-4-8(6-14-12)17(19)20;17-16(18)10-4-5-12(15-8-10)19-11-3-1-2-9-6-7-14-13(9)11;/h1-7H,(H,15,16);1-8,14H;1H4. The van der Waals surface area contributed by atoms with E-state index < -0.39 is 9.85 Å². The van der Waals surface area contributed by atoms with E-state index in [1.807, 2.05) is 30.5 Å². The summed E-state index contributed by atoms with van der Waals surface area (Å²) in [7, 11) is 0. The second-order valence-corrected chi connectivity index (χ2v) is 8.03. The van der Waals surface area contributed by atoms with Crippen molar-refractivity contribution in [2.75, 3.05) is 0 Å². The van der Waals surface area contributed by atoms with E-state index in [0.29, 0.717) is 40.3 Å². The second-order valence-electron chi connectivity index (χ2n) is 8.03. The summed E-state index contributed by atoms with van der Waals surface area (Å²) in [6.07, 6.45) is 4.77. The quantitative estimate of drug-likeness (QED) is 0.127. The minimum atomic E-state index is -0.540. The summed E-state index contributed by atoms with van der Waals surface area (Å²) in [4.78, 5) is 41.8. The van der Waals surface area contributed by atoms with Gasteiger partial charge in [-0.1, -0.05) is 31.7 Å². The molecule has 0 saturated heterocycles. The number of aldehydes is 1. The lowest BCUT2D eigenvalue weighted by Crippen LogP contribution is -1.92. The molecule has 0 fully saturated rings. The van der Waals surface area contributed by atoms with Gasteiger partial charge in [-0.15, -0.1) is 0 Å². The zero-order valence-corrected chi connectivity index (χ0v) is 20.3. The van der Waals surface area contributed by atoms with Crippen LogP contribution in [0.2, 0.25) is 0 Å². The monoisotopic (exact) mass is 555 g/mol. The molecule has 14 heteroatoms. The maximum Gasteiger partial charge on any atom is 0.287 e. The van der Waals surface area contributed by atoms with E-state index >= 15 is 0 Å². The Hall–Kier alpha value is -6.18. The van der Waals surface area contributed by atoms with Gasteiger partial charge in [0, 0.05) is 41.2 Å². The second kappa shape index (κ2) is 12.1. The molecule has 206 valence electrons. The van der Waals surface area contributed by atoms with Crippen LogP contribution in [0.5, 0.6) is 23.3 Å². The van der Waals surface area contributed by atoms with Gasteiger partial charge in [-0.05, 0) is 18.2 Å². The van der Waals surface area contributed by atoms with Gasteiger partial charge in [0.2, 0.25) is 11.8 Å². The molecule has 2 N–H and O–H groups in total. The summed E-state index contributed by atoms with van der Waals surface area (Å²) < 4.78 is 11.2. The molecule has 4 aromatic heterocycles. The molecule has 0 spiro atoms. The van der Waals surface area contributed by atoms with E-state index in [1.54, 1.807) is 18.2 Å². The van der Waals surface area contributed by atoms with Crippen LogP contribution in [0.1, 0.15) is 17.9 Å². The first-order valence-electron chi connectivity index (χ1n) is 11.5. The smallest absolute Gasteiger partial charge is 0.287 e. The summed E-state index contributed by atoms with van der Waals surface area (Å²) in [6.45, 7) is 0. The zero-order valence-electron chi connectivity index (χ0n) is 20.3. The number of hydrogen-bond donors (Lipinski definition) is 2. The average molecular weight is 556 g/mol. The molecular formula is C27H21N7O7. The van der Waals surface area contributed by atoms with Crippen molar-refractivity contribution >= 4 is 39.5 Å². The van der Waals surface area contributed by atoms with Gasteiger partial charge >= 0.3 is 0 Å². The van der Waals surface area contributed by atoms with E-state index in [-0.39, 0.29) is 24.7 Å². The predicted molar refractivity (Wildman–Crippen MR) is 148 cm³/mol. The number of pyridine rings is 2. The SMILES string of the molecule is C.O=Cc1[nH]nc2c(Oc3ccc([N+](=O)[O-])cn3)cccc12.O=[N+]([O-])c1ccc(Oc2cccc3cc[nH]c23)nc1. The van der Waals surface area contributed by atoms with Crippen LogP contribution in [0.15, 0.2) is 85.3 Å². The topological polar surface area (TPSA) is 192 Å². The summed E-state index contributed by atoms with van der Waals surface area (Å²) in [5.41, 5.74) is 1.52. The molecular weight excluding hydrogens is 534 g/mol. The van der Waals surface area contributed by atoms with Crippen molar-refractivity contribution in [1.82, 2.24) is 25.1 Å². The van der Waals surface area contributed by atoms with Crippen LogP contribution in [0.25, 0.3) is 21.8 Å². The van der Waals surface area contributed by atoms with Gasteiger partial charge in [0.25, 0.3) is 11.4 Å². The van der Waals surface area contributed by atoms with E-state index in [9.17, 15) is 25.0 Å². The van der Waals surface area contributed by atoms with Gasteiger partial charge in [-0.3, -0.25) is 30.1 Å². The number of nitrogens with zero attached hydrogens (tertiary/aromatic N) is 5. The summed E-state index contributed by atoms with van der Waals surface area (Å²) >= 11 is 0. The van der Waals surface area contributed by atoms with E-state index in [4.69, 9.17) is 9.47 Å². The van der Waals surface area contributed by atoms with E-state index in [2.05, 4.69) is 25.1 Å². The molecule has 0 radical (unpaired) electrons. The molecule has 6 rings (SSSR count). The number of aromatic amines is 2. The minimum absolute atomic E-state index is 0. The molecule has 0 atom stereocenters. The number of ether oxygens (including phenoxy) is 2. The number of H-pyrrole nitrogens is 2. The molecule has 4 heterocycles. The van der Waals surface area contributed by atoms with Crippen molar-refractivity contribution in [2.24, 2.45) is 0 Å². The Morgan fingerprint density at radius 1 is 0.780 bits per heavy atom. The number of fused-ring (bicyclic) bond motifs is 2. The fraction of sp³-hybridized carbons (Fsp3) is 0.0370. The van der Waals surface area contributed by atoms with Crippen molar-refractivity contribution in [3.63, 3.8) is 0 Å². The van der Waals surface area contributed by atoms with E-state index in [0.717, 1.165) is 17.1 Å². The third-order valence-corrected chi connectivity index (χ3v) is 5.54. The van der Waals surface area contributed by atoms with Crippen molar-refractivity contribution in [3.8, 4) is 23.3 Å². The first-order chi connectivity index (χ1) is 19.4. The Labute approximate surface area is 230 Å². The van der Waals surface area contributed by atoms with Crippen LogP contribution in [-0.4, -0.2) is 41.3 Å². The van der Waals surface area contributed by atoms with Gasteiger partial charge in [0.1, 0.15) is 23.6 Å². The van der Waals surface area contributed by atoms with Crippen molar-refractivity contribution in [3.05, 3.63) is 111 Å². The number of para-hydroxylation sites is 2. The Bertz CT molecular complexity index is 1830. The molecule has 2 aromatic carbocycles. The Kier molecular flexibility index (Phi) is 8.23. The molecule has 0 bridgehead atoms. The minimum Gasteiger partial charge on any atom is -0.437 e. The summed E-state index contributed by atoms with van der Waals surface area (Å²) in [6, 6.07) is 18.2. The number of rotatable bonds is 7. The number of nitro groups is 2. The average Bonchev–Trinajstić information content (AvgIpc) is 3.62. The number of hydrogen-bond acceptors (Lipinski definition) is 10. The fourth-order valence-corrected chi connectivity index (χ4v) is 3.65. The summed E-state index contributed by atoms with van der Waals surface area (Å²) in [5.74, 6) is 1.54. The van der Waals surface area contributed by atoms with E-state index in [1.165, 1.54) is 30.5 Å².